The largest absolute Gasteiger partial charge is 0.465 e. The van der Waals surface area contributed by atoms with E-state index in [4.69, 9.17) is 23.1 Å². The molecule has 4 heterocycles. The molecule has 0 saturated carbocycles. The number of anilines is 3. The highest BCUT2D eigenvalue weighted by Gasteiger charge is 2.25. The Bertz CT molecular complexity index is 1630. The van der Waals surface area contributed by atoms with Gasteiger partial charge in [-0.1, -0.05) is 29.8 Å². The number of nitrogen functional groups attached to an aromatic ring is 2. The molecule has 0 aliphatic carbocycles. The summed E-state index contributed by atoms with van der Waals surface area (Å²) in [5.41, 5.74) is 13.4. The van der Waals surface area contributed by atoms with Crippen molar-refractivity contribution in [1.29, 1.82) is 0 Å². The minimum Gasteiger partial charge on any atom is -0.465 e. The minimum atomic E-state index is -1.33. The van der Waals surface area contributed by atoms with Gasteiger partial charge in [-0.05, 0) is 23.8 Å². The van der Waals surface area contributed by atoms with Crippen molar-refractivity contribution in [2.24, 2.45) is 0 Å². The van der Waals surface area contributed by atoms with Crippen LogP contribution in [0.2, 0.25) is 4.34 Å². The molecule has 0 fully saturated rings. The molecule has 5 rings (SSSR count). The molecule has 4 aromatic heterocycles. The van der Waals surface area contributed by atoms with Crippen molar-refractivity contribution in [2.45, 2.75) is 13.0 Å². The Kier molecular flexibility index (Phi) is 6.31. The van der Waals surface area contributed by atoms with Gasteiger partial charge >= 0.3 is 6.09 Å². The second-order valence-electron chi connectivity index (χ2n) is 7.87. The highest BCUT2D eigenvalue weighted by molar-refractivity contribution is 7.16. The first-order valence-corrected chi connectivity index (χ1v) is 11.8. The number of nitrogens with zero attached hydrogens (tertiary/aromatic N) is 6. The van der Waals surface area contributed by atoms with E-state index in [0.717, 1.165) is 11.1 Å². The average Bonchev–Trinajstić information content (AvgIpc) is 3.42. The number of hydrogen-bond acceptors (Lipinski definition) is 8. The summed E-state index contributed by atoms with van der Waals surface area (Å²) in [6, 6.07) is 10.7. The van der Waals surface area contributed by atoms with E-state index in [1.807, 2.05) is 0 Å². The van der Waals surface area contributed by atoms with Crippen LogP contribution in [0.25, 0.3) is 17.0 Å². The number of amides is 1. The summed E-state index contributed by atoms with van der Waals surface area (Å²) in [6.45, 7) is -0.0869. The predicted molar refractivity (Wildman–Crippen MR) is 136 cm³/mol. The second-order valence-corrected chi connectivity index (χ2v) is 9.66. The molecule has 0 radical (unpaired) electrons. The monoisotopic (exact) mass is 542 g/mol. The van der Waals surface area contributed by atoms with Gasteiger partial charge in [0.1, 0.15) is 22.8 Å². The van der Waals surface area contributed by atoms with E-state index in [2.05, 4.69) is 20.1 Å². The maximum atomic E-state index is 14.3. The van der Waals surface area contributed by atoms with Gasteiger partial charge in [-0.15, -0.1) is 11.3 Å². The molecule has 5 N–H and O–H groups in total. The van der Waals surface area contributed by atoms with Crippen LogP contribution in [0.15, 0.2) is 48.7 Å². The Morgan fingerprint density at radius 3 is 2.51 bits per heavy atom. The number of thiophene rings is 1. The van der Waals surface area contributed by atoms with E-state index in [1.165, 1.54) is 28.2 Å². The van der Waals surface area contributed by atoms with Crippen LogP contribution in [-0.4, -0.2) is 35.9 Å². The van der Waals surface area contributed by atoms with Crippen LogP contribution in [0.1, 0.15) is 16.1 Å². The third-order valence-corrected chi connectivity index (χ3v) is 6.65. The fraction of sp³-hybridized carbons (Fsp3) is 0.0870. The molecule has 37 heavy (non-hydrogen) atoms. The summed E-state index contributed by atoms with van der Waals surface area (Å²) in [7, 11) is 0. The molecule has 14 heteroatoms. The second kappa shape index (κ2) is 9.59. The smallest absolute Gasteiger partial charge is 0.412 e. The first-order chi connectivity index (χ1) is 17.7. The number of aromatic nitrogens is 5. The van der Waals surface area contributed by atoms with E-state index in [1.54, 1.807) is 30.3 Å². The molecule has 0 aliphatic rings. The van der Waals surface area contributed by atoms with Gasteiger partial charge < -0.3 is 16.6 Å². The van der Waals surface area contributed by atoms with Gasteiger partial charge in [0.15, 0.2) is 11.6 Å². The highest BCUT2D eigenvalue weighted by Crippen LogP contribution is 2.33. The number of hydrogen-bond donors (Lipinski definition) is 3. The minimum absolute atomic E-state index is 0.0635. The summed E-state index contributed by atoms with van der Waals surface area (Å²) < 4.78 is 30.1. The Hall–Kier alpha value is -4.36. The lowest BCUT2D eigenvalue weighted by Crippen LogP contribution is -2.30. The first kappa shape index (κ1) is 24.3. The van der Waals surface area contributed by atoms with Crippen molar-refractivity contribution >= 4 is 57.4 Å². The molecule has 0 bridgehead atoms. The Morgan fingerprint density at radius 2 is 1.86 bits per heavy atom. The van der Waals surface area contributed by atoms with Crippen LogP contribution in [0.4, 0.5) is 30.9 Å². The number of carboxylic acid groups (broad SMARTS) is 1. The summed E-state index contributed by atoms with van der Waals surface area (Å²) >= 11 is 7.16. The number of nitrogens with two attached hydrogens (primary N) is 2. The number of rotatable bonds is 6. The van der Waals surface area contributed by atoms with Crippen LogP contribution >= 0.6 is 22.9 Å². The summed E-state index contributed by atoms with van der Waals surface area (Å²) in [6.07, 6.45) is -0.246. The lowest BCUT2D eigenvalue weighted by Gasteiger charge is -2.21. The van der Waals surface area contributed by atoms with E-state index < -0.39 is 17.7 Å². The molecular weight excluding hydrogens is 526 g/mol. The zero-order chi connectivity index (χ0) is 26.3. The molecule has 0 aliphatic heterocycles. The fourth-order valence-electron chi connectivity index (χ4n) is 3.81. The number of benzene rings is 1. The number of halogens is 3. The van der Waals surface area contributed by atoms with Crippen LogP contribution in [-0.2, 0) is 13.0 Å². The molecule has 10 nitrogen and oxygen atoms in total. The van der Waals surface area contributed by atoms with Gasteiger partial charge in [0.25, 0.3) is 5.95 Å². The molecule has 1 amide bonds. The van der Waals surface area contributed by atoms with Crippen molar-refractivity contribution in [1.82, 2.24) is 24.7 Å². The van der Waals surface area contributed by atoms with Gasteiger partial charge in [0.2, 0.25) is 0 Å². The van der Waals surface area contributed by atoms with E-state index >= 15 is 0 Å². The molecule has 0 saturated heterocycles. The summed E-state index contributed by atoms with van der Waals surface area (Å²) in [5, 5.41) is 14.2. The van der Waals surface area contributed by atoms with Crippen LogP contribution in [0.5, 0.6) is 0 Å². The van der Waals surface area contributed by atoms with E-state index in [9.17, 15) is 18.7 Å². The number of pyridine rings is 1. The molecule has 5 aromatic rings. The maximum absolute atomic E-state index is 14.3. The molecule has 188 valence electrons. The molecule has 0 atom stereocenters. The van der Waals surface area contributed by atoms with Gasteiger partial charge in [0, 0.05) is 17.4 Å². The standard InChI is InChI=1S/C23H17ClF2N8O2S/c24-17-6-5-13(37-17)10-33(23(35)36)19-20(27)30-22(31-21(19)28)34-16-8-12(25)9-29-18(16)15(32-34)7-11-3-1-2-4-14(11)26/h1-6,8-9H,7,10H2,(H,35,36)(H4,27,28,30,31). The Labute approximate surface area is 216 Å². The summed E-state index contributed by atoms with van der Waals surface area (Å²) in [4.78, 5) is 26.1. The van der Waals surface area contributed by atoms with Crippen LogP contribution < -0.4 is 16.4 Å². The lowest BCUT2D eigenvalue weighted by atomic mass is 10.1. The van der Waals surface area contributed by atoms with Crippen molar-refractivity contribution in [3.63, 3.8) is 0 Å². The lowest BCUT2D eigenvalue weighted by molar-refractivity contribution is 0.201. The predicted octanol–water partition coefficient (Wildman–Crippen LogP) is 4.64. The van der Waals surface area contributed by atoms with Crippen LogP contribution in [0.3, 0.4) is 0 Å². The van der Waals surface area contributed by atoms with Gasteiger partial charge in [-0.2, -0.15) is 19.7 Å². The van der Waals surface area contributed by atoms with Crippen LogP contribution in [0, 0.1) is 11.6 Å². The fourth-order valence-corrected chi connectivity index (χ4v) is 4.89. The SMILES string of the molecule is Nc1nc(-n2nc(Cc3ccccc3F)c3ncc(F)cc32)nc(N)c1N(Cc1ccc(Cl)s1)C(=O)O. The number of fused-ring (bicyclic) bond motifs is 1. The van der Waals surface area contributed by atoms with Crippen molar-refractivity contribution in [3.8, 4) is 5.95 Å². The van der Waals surface area contributed by atoms with E-state index in [-0.39, 0.29) is 41.8 Å². The average molecular weight is 543 g/mol. The van der Waals surface area contributed by atoms with E-state index in [0.29, 0.717) is 26.0 Å². The zero-order valence-corrected chi connectivity index (χ0v) is 20.3. The third kappa shape index (κ3) is 4.73. The first-order valence-electron chi connectivity index (χ1n) is 10.7. The molecule has 0 spiro atoms. The van der Waals surface area contributed by atoms with Gasteiger partial charge in [-0.25, -0.2) is 18.6 Å². The van der Waals surface area contributed by atoms with Crippen molar-refractivity contribution in [3.05, 3.63) is 80.8 Å². The zero-order valence-electron chi connectivity index (χ0n) is 18.8. The Morgan fingerprint density at radius 1 is 1.14 bits per heavy atom. The molecule has 1 aromatic carbocycles. The topological polar surface area (TPSA) is 149 Å². The normalized spacial score (nSPS) is 11.2. The molecule has 0 unspecified atom stereocenters. The van der Waals surface area contributed by atoms with Crippen molar-refractivity contribution < 1.29 is 18.7 Å². The Balaban J connectivity index is 1.59. The quantitative estimate of drug-likeness (QED) is 0.281. The maximum Gasteiger partial charge on any atom is 0.412 e. The van der Waals surface area contributed by atoms with Crippen molar-refractivity contribution in [2.75, 3.05) is 16.4 Å². The number of carbonyl (C=O) groups is 1. The van der Waals surface area contributed by atoms with Gasteiger partial charge in [-0.3, -0.25) is 4.90 Å². The molecular formula is C23H17ClF2N8O2S. The summed E-state index contributed by atoms with van der Waals surface area (Å²) in [5.74, 6) is -1.69. The third-order valence-electron chi connectivity index (χ3n) is 5.43. The highest BCUT2D eigenvalue weighted by atomic mass is 35.5. The van der Waals surface area contributed by atoms with Gasteiger partial charge in [0.05, 0.1) is 28.3 Å².